The monoisotopic (exact) mass is 273 g/mol. The van der Waals surface area contributed by atoms with Crippen LogP contribution in [0.4, 0.5) is 5.69 Å². The second-order valence-electron chi connectivity index (χ2n) is 5.04. The summed E-state index contributed by atoms with van der Waals surface area (Å²) in [6, 6.07) is 7.88. The fourth-order valence-electron chi connectivity index (χ4n) is 2.58. The third-order valence-electron chi connectivity index (χ3n) is 3.68. The summed E-state index contributed by atoms with van der Waals surface area (Å²) in [5, 5.41) is 16.9. The van der Waals surface area contributed by atoms with Gasteiger partial charge in [0.05, 0.1) is 12.5 Å². The lowest BCUT2D eigenvalue weighted by molar-refractivity contribution is -0.141. The number of anilines is 1. The van der Waals surface area contributed by atoms with Crippen LogP contribution >= 0.6 is 0 Å². The Kier molecular flexibility index (Phi) is 3.14. The van der Waals surface area contributed by atoms with Crippen LogP contribution in [0.2, 0.25) is 0 Å². The zero-order chi connectivity index (χ0) is 14.1. The molecule has 20 heavy (non-hydrogen) atoms. The Morgan fingerprint density at radius 3 is 2.95 bits per heavy atom. The molecule has 0 fully saturated rings. The number of carboxylic acid groups (broad SMARTS) is 1. The Morgan fingerprint density at radius 2 is 2.25 bits per heavy atom. The van der Waals surface area contributed by atoms with Gasteiger partial charge >= 0.3 is 5.97 Å². The minimum absolute atomic E-state index is 0.398. The first-order valence-electron chi connectivity index (χ1n) is 6.49. The Labute approximate surface area is 116 Å². The van der Waals surface area contributed by atoms with Gasteiger partial charge in [-0.15, -0.1) is 0 Å². The minimum atomic E-state index is -0.764. The van der Waals surface area contributed by atoms with Crippen molar-refractivity contribution in [3.05, 3.63) is 41.2 Å². The molecule has 1 aliphatic rings. The third-order valence-corrected chi connectivity index (χ3v) is 3.68. The van der Waals surface area contributed by atoms with E-state index in [9.17, 15) is 9.90 Å². The van der Waals surface area contributed by atoms with Gasteiger partial charge in [-0.1, -0.05) is 28.5 Å². The van der Waals surface area contributed by atoms with E-state index in [1.54, 1.807) is 0 Å². The number of carboxylic acids is 1. The summed E-state index contributed by atoms with van der Waals surface area (Å²) < 4.78 is 4.71. The molecule has 2 heterocycles. The van der Waals surface area contributed by atoms with E-state index in [0.29, 0.717) is 19.5 Å². The number of para-hydroxylation sites is 1. The third kappa shape index (κ3) is 2.24. The minimum Gasteiger partial charge on any atom is -0.481 e. The lowest BCUT2D eigenvalue weighted by atomic mass is 9.92. The highest BCUT2D eigenvalue weighted by Gasteiger charge is 2.29. The van der Waals surface area contributed by atoms with Crippen molar-refractivity contribution < 1.29 is 14.5 Å². The second kappa shape index (κ2) is 4.96. The molecular weight excluding hydrogens is 258 g/mol. The second-order valence-corrected chi connectivity index (χ2v) is 5.04. The van der Waals surface area contributed by atoms with Crippen molar-refractivity contribution in [2.45, 2.75) is 19.9 Å². The molecule has 2 aromatic rings. The molecule has 1 aromatic heterocycles. The number of aryl methyl sites for hydroxylation is 1. The van der Waals surface area contributed by atoms with Crippen LogP contribution in [0.5, 0.6) is 0 Å². The van der Waals surface area contributed by atoms with Crippen LogP contribution < -0.4 is 4.90 Å². The van der Waals surface area contributed by atoms with E-state index in [2.05, 4.69) is 10.3 Å². The maximum absolute atomic E-state index is 11.3. The number of aliphatic carboxylic acids is 1. The topological polar surface area (TPSA) is 79.5 Å². The standard InChI is InChI=1S/C14H15N3O3/c1-9-12(16-20-15-9)8-17-7-11(14(18)19)6-10-4-2-3-5-13(10)17/h2-5,11H,6-8H2,1H3,(H,18,19). The first-order chi connectivity index (χ1) is 9.65. The summed E-state index contributed by atoms with van der Waals surface area (Å²) >= 11 is 0. The predicted molar refractivity (Wildman–Crippen MR) is 71.4 cm³/mol. The molecule has 1 unspecified atom stereocenters. The summed E-state index contributed by atoms with van der Waals surface area (Å²) in [6.07, 6.45) is 0.568. The molecule has 0 saturated heterocycles. The highest BCUT2D eigenvalue weighted by molar-refractivity contribution is 5.73. The van der Waals surface area contributed by atoms with Crippen molar-refractivity contribution in [1.29, 1.82) is 0 Å². The first-order valence-corrected chi connectivity index (χ1v) is 6.49. The predicted octanol–water partition coefficient (Wildman–Crippen LogP) is 1.64. The van der Waals surface area contributed by atoms with Gasteiger partial charge in [0, 0.05) is 12.2 Å². The first kappa shape index (κ1) is 12.7. The fourth-order valence-corrected chi connectivity index (χ4v) is 2.58. The van der Waals surface area contributed by atoms with Crippen LogP contribution in [0.3, 0.4) is 0 Å². The van der Waals surface area contributed by atoms with Crippen molar-refractivity contribution in [2.24, 2.45) is 5.92 Å². The normalized spacial score (nSPS) is 17.9. The molecule has 0 bridgehead atoms. The Morgan fingerprint density at radius 1 is 1.45 bits per heavy atom. The molecule has 1 atom stereocenters. The number of hydrogen-bond acceptors (Lipinski definition) is 5. The number of aromatic nitrogens is 2. The molecule has 0 aliphatic carbocycles. The molecule has 6 nitrogen and oxygen atoms in total. The Balaban J connectivity index is 1.92. The molecule has 0 amide bonds. The van der Waals surface area contributed by atoms with Crippen molar-refractivity contribution in [3.63, 3.8) is 0 Å². The number of benzene rings is 1. The highest BCUT2D eigenvalue weighted by Crippen LogP contribution is 2.30. The maximum Gasteiger partial charge on any atom is 0.308 e. The van der Waals surface area contributed by atoms with Gasteiger partial charge < -0.3 is 10.0 Å². The Hall–Kier alpha value is -2.37. The quantitative estimate of drug-likeness (QED) is 0.915. The summed E-state index contributed by atoms with van der Waals surface area (Å²) in [5.41, 5.74) is 3.60. The molecule has 6 heteroatoms. The van der Waals surface area contributed by atoms with Gasteiger partial charge in [-0.25, -0.2) is 4.63 Å². The number of fused-ring (bicyclic) bond motifs is 1. The summed E-state index contributed by atoms with van der Waals surface area (Å²) in [4.78, 5) is 13.3. The van der Waals surface area contributed by atoms with E-state index in [0.717, 1.165) is 22.6 Å². The number of nitrogens with zero attached hydrogens (tertiary/aromatic N) is 3. The molecule has 0 saturated carbocycles. The van der Waals surface area contributed by atoms with E-state index in [1.165, 1.54) is 0 Å². The SMILES string of the molecule is Cc1nonc1CN1CC(C(=O)O)Cc2ccccc21. The lowest BCUT2D eigenvalue weighted by Crippen LogP contribution is -2.38. The van der Waals surface area contributed by atoms with Crippen LogP contribution in [0.15, 0.2) is 28.9 Å². The summed E-state index contributed by atoms with van der Waals surface area (Å²) in [5.74, 6) is -1.16. The van der Waals surface area contributed by atoms with E-state index in [4.69, 9.17) is 4.63 Å². The van der Waals surface area contributed by atoms with Gasteiger partial charge in [0.25, 0.3) is 0 Å². The van der Waals surface area contributed by atoms with Crippen molar-refractivity contribution in [1.82, 2.24) is 10.3 Å². The van der Waals surface area contributed by atoms with Crippen LogP contribution in [0.1, 0.15) is 17.0 Å². The molecule has 1 N–H and O–H groups in total. The van der Waals surface area contributed by atoms with Crippen LogP contribution in [-0.4, -0.2) is 27.9 Å². The number of rotatable bonds is 3. The average Bonchev–Trinajstić information content (AvgIpc) is 2.84. The van der Waals surface area contributed by atoms with Crippen molar-refractivity contribution in [2.75, 3.05) is 11.4 Å². The van der Waals surface area contributed by atoms with E-state index in [-0.39, 0.29) is 0 Å². The smallest absolute Gasteiger partial charge is 0.308 e. The van der Waals surface area contributed by atoms with E-state index < -0.39 is 11.9 Å². The molecule has 1 aliphatic heterocycles. The van der Waals surface area contributed by atoms with Gasteiger partial charge in [-0.3, -0.25) is 4.79 Å². The zero-order valence-electron chi connectivity index (χ0n) is 11.1. The fraction of sp³-hybridized carbons (Fsp3) is 0.357. The zero-order valence-corrected chi connectivity index (χ0v) is 11.1. The van der Waals surface area contributed by atoms with E-state index >= 15 is 0 Å². The summed E-state index contributed by atoms with van der Waals surface area (Å²) in [6.45, 7) is 2.81. The average molecular weight is 273 g/mol. The molecule has 104 valence electrons. The molecule has 0 radical (unpaired) electrons. The van der Waals surface area contributed by atoms with Gasteiger partial charge in [0.1, 0.15) is 11.4 Å². The van der Waals surface area contributed by atoms with Gasteiger partial charge in [0.15, 0.2) is 0 Å². The summed E-state index contributed by atoms with van der Waals surface area (Å²) in [7, 11) is 0. The van der Waals surface area contributed by atoms with Gasteiger partial charge in [0.2, 0.25) is 0 Å². The van der Waals surface area contributed by atoms with Crippen LogP contribution in [0.25, 0.3) is 0 Å². The largest absolute Gasteiger partial charge is 0.481 e. The Bertz CT molecular complexity index is 638. The maximum atomic E-state index is 11.3. The molecule has 1 aromatic carbocycles. The highest BCUT2D eigenvalue weighted by atomic mass is 16.6. The van der Waals surface area contributed by atoms with Crippen molar-refractivity contribution >= 4 is 11.7 Å². The molecular formula is C14H15N3O3. The number of hydrogen-bond donors (Lipinski definition) is 1. The van der Waals surface area contributed by atoms with Gasteiger partial charge in [-0.2, -0.15) is 0 Å². The van der Waals surface area contributed by atoms with Crippen LogP contribution in [0, 0.1) is 12.8 Å². The van der Waals surface area contributed by atoms with Gasteiger partial charge in [-0.05, 0) is 25.0 Å². The lowest BCUT2D eigenvalue weighted by Gasteiger charge is -2.34. The van der Waals surface area contributed by atoms with E-state index in [1.807, 2.05) is 36.1 Å². The molecule has 0 spiro atoms. The molecule has 3 rings (SSSR count). The van der Waals surface area contributed by atoms with Crippen LogP contribution in [-0.2, 0) is 17.8 Å². The number of carbonyl (C=O) groups is 1. The van der Waals surface area contributed by atoms with Crippen molar-refractivity contribution in [3.8, 4) is 0 Å².